The summed E-state index contributed by atoms with van der Waals surface area (Å²) < 4.78 is 6.69. The number of hydrogen-bond acceptors (Lipinski definition) is 2. The summed E-state index contributed by atoms with van der Waals surface area (Å²) in [5, 5.41) is 2.84. The predicted octanol–water partition coefficient (Wildman–Crippen LogP) is 4.47. The fourth-order valence-electron chi connectivity index (χ4n) is 1.91. The van der Waals surface area contributed by atoms with Gasteiger partial charge in [0.2, 0.25) is 0 Å². The molecule has 3 nitrogen and oxygen atoms in total. The lowest BCUT2D eigenvalue weighted by Gasteiger charge is -2.17. The highest BCUT2D eigenvalue weighted by Gasteiger charge is 2.16. The van der Waals surface area contributed by atoms with E-state index in [0.29, 0.717) is 0 Å². The average molecular weight is 348 g/mol. The molecule has 0 bridgehead atoms. The Kier molecular flexibility index (Phi) is 5.02. The minimum atomic E-state index is -0.565. The molecular formula is C17H18BrNO2. The molecule has 2 aromatic carbocycles. The zero-order valence-electron chi connectivity index (χ0n) is 12.3. The van der Waals surface area contributed by atoms with Crippen molar-refractivity contribution in [3.63, 3.8) is 0 Å². The highest BCUT2D eigenvalue weighted by Crippen LogP contribution is 2.22. The molecule has 0 fully saturated rings. The van der Waals surface area contributed by atoms with Crippen molar-refractivity contribution in [3.8, 4) is 5.75 Å². The lowest BCUT2D eigenvalue weighted by Crippen LogP contribution is -2.30. The quantitative estimate of drug-likeness (QED) is 0.885. The molecule has 4 heteroatoms. The van der Waals surface area contributed by atoms with Crippen molar-refractivity contribution in [3.05, 3.63) is 58.1 Å². The summed E-state index contributed by atoms with van der Waals surface area (Å²) in [6.07, 6.45) is -0.565. The predicted molar refractivity (Wildman–Crippen MR) is 88.8 cm³/mol. The molecule has 2 aromatic rings. The zero-order chi connectivity index (χ0) is 15.4. The number of amides is 1. The molecule has 21 heavy (non-hydrogen) atoms. The zero-order valence-corrected chi connectivity index (χ0v) is 13.9. The summed E-state index contributed by atoms with van der Waals surface area (Å²) in [5.74, 6) is 0.570. The van der Waals surface area contributed by atoms with E-state index in [9.17, 15) is 4.79 Å². The molecule has 0 aliphatic rings. The fraction of sp³-hybridized carbons (Fsp3) is 0.235. The summed E-state index contributed by atoms with van der Waals surface area (Å²) in [4.78, 5) is 12.2. The maximum atomic E-state index is 12.2. The Hall–Kier alpha value is -1.81. The van der Waals surface area contributed by atoms with Crippen LogP contribution in [0.2, 0.25) is 0 Å². The Morgan fingerprint density at radius 2 is 1.90 bits per heavy atom. The number of carbonyl (C=O) groups is 1. The monoisotopic (exact) mass is 347 g/mol. The molecular weight excluding hydrogens is 330 g/mol. The van der Waals surface area contributed by atoms with Crippen molar-refractivity contribution in [2.75, 3.05) is 5.32 Å². The van der Waals surface area contributed by atoms with Crippen LogP contribution in [0.15, 0.2) is 46.9 Å². The van der Waals surface area contributed by atoms with Crippen molar-refractivity contribution in [1.82, 2.24) is 0 Å². The molecule has 1 N–H and O–H groups in total. The van der Waals surface area contributed by atoms with Gasteiger partial charge >= 0.3 is 0 Å². The van der Waals surface area contributed by atoms with E-state index in [4.69, 9.17) is 4.74 Å². The Morgan fingerprint density at radius 3 is 2.62 bits per heavy atom. The van der Waals surface area contributed by atoms with Crippen LogP contribution >= 0.6 is 15.9 Å². The van der Waals surface area contributed by atoms with E-state index in [1.54, 1.807) is 6.92 Å². The van der Waals surface area contributed by atoms with Gasteiger partial charge in [-0.1, -0.05) is 34.1 Å². The largest absolute Gasteiger partial charge is 0.481 e. The molecule has 0 saturated carbocycles. The van der Waals surface area contributed by atoms with Gasteiger partial charge in [-0.3, -0.25) is 4.79 Å². The van der Waals surface area contributed by atoms with Gasteiger partial charge < -0.3 is 10.1 Å². The van der Waals surface area contributed by atoms with Crippen molar-refractivity contribution in [1.29, 1.82) is 0 Å². The smallest absolute Gasteiger partial charge is 0.265 e. The van der Waals surface area contributed by atoms with Crippen molar-refractivity contribution in [2.24, 2.45) is 0 Å². The lowest BCUT2D eigenvalue weighted by atomic mass is 10.1. The van der Waals surface area contributed by atoms with Crippen LogP contribution in [0.1, 0.15) is 18.1 Å². The second-order valence-electron chi connectivity index (χ2n) is 4.96. The highest BCUT2D eigenvalue weighted by molar-refractivity contribution is 9.10. The van der Waals surface area contributed by atoms with Crippen LogP contribution in [0.4, 0.5) is 5.69 Å². The summed E-state index contributed by atoms with van der Waals surface area (Å²) in [6, 6.07) is 13.3. The molecule has 2 rings (SSSR count). The molecule has 0 aliphatic carbocycles. The second-order valence-corrected chi connectivity index (χ2v) is 5.87. The molecule has 0 radical (unpaired) electrons. The maximum absolute atomic E-state index is 12.2. The first-order valence-electron chi connectivity index (χ1n) is 6.76. The van der Waals surface area contributed by atoms with Gasteiger partial charge in [-0.25, -0.2) is 0 Å². The molecule has 110 valence electrons. The van der Waals surface area contributed by atoms with Crippen LogP contribution < -0.4 is 10.1 Å². The van der Waals surface area contributed by atoms with Crippen molar-refractivity contribution in [2.45, 2.75) is 26.9 Å². The first kappa shape index (κ1) is 15.6. The number of aryl methyl sites for hydroxylation is 1. The molecule has 1 atom stereocenters. The van der Waals surface area contributed by atoms with E-state index in [-0.39, 0.29) is 5.91 Å². The first-order chi connectivity index (χ1) is 9.97. The van der Waals surface area contributed by atoms with E-state index in [1.807, 2.05) is 56.3 Å². The molecule has 1 amide bonds. The van der Waals surface area contributed by atoms with Crippen molar-refractivity contribution < 1.29 is 9.53 Å². The van der Waals surface area contributed by atoms with Crippen LogP contribution in [-0.4, -0.2) is 12.0 Å². The normalized spacial score (nSPS) is 11.8. The van der Waals surface area contributed by atoms with Crippen LogP contribution in [0, 0.1) is 13.8 Å². The van der Waals surface area contributed by atoms with Gasteiger partial charge in [0.25, 0.3) is 5.91 Å². The third kappa shape index (κ3) is 4.08. The van der Waals surface area contributed by atoms with Crippen LogP contribution in [0.3, 0.4) is 0 Å². The van der Waals surface area contributed by atoms with Crippen LogP contribution in [0.5, 0.6) is 5.75 Å². The Balaban J connectivity index is 2.04. The Morgan fingerprint density at radius 1 is 1.19 bits per heavy atom. The number of anilines is 1. The summed E-state index contributed by atoms with van der Waals surface area (Å²) in [6.45, 7) is 5.76. The van der Waals surface area contributed by atoms with E-state index in [0.717, 1.165) is 27.0 Å². The number of carbonyl (C=O) groups excluding carboxylic acids is 1. The first-order valence-corrected chi connectivity index (χ1v) is 7.56. The number of ether oxygens (including phenoxy) is 1. The standard InChI is InChI=1S/C17H18BrNO2/c1-11-6-4-9-16(12(11)2)21-13(3)17(20)19-15-8-5-7-14(18)10-15/h4-10,13H,1-3H3,(H,19,20)/t13-/m0/s1. The molecule has 0 spiro atoms. The van der Waals surface area contributed by atoms with Gasteiger partial charge in [-0.05, 0) is 56.2 Å². The molecule has 0 aromatic heterocycles. The third-order valence-electron chi connectivity index (χ3n) is 3.32. The average Bonchev–Trinajstić information content (AvgIpc) is 2.44. The summed E-state index contributed by atoms with van der Waals surface area (Å²) in [7, 11) is 0. The SMILES string of the molecule is Cc1cccc(O[C@@H](C)C(=O)Nc2cccc(Br)c2)c1C. The minimum Gasteiger partial charge on any atom is -0.481 e. The summed E-state index contributed by atoms with van der Waals surface area (Å²) >= 11 is 3.38. The van der Waals surface area contributed by atoms with Crippen LogP contribution in [-0.2, 0) is 4.79 Å². The Labute approximate surface area is 133 Å². The number of hydrogen-bond donors (Lipinski definition) is 1. The third-order valence-corrected chi connectivity index (χ3v) is 3.81. The van der Waals surface area contributed by atoms with Gasteiger partial charge in [-0.15, -0.1) is 0 Å². The van der Waals surface area contributed by atoms with Gasteiger partial charge in [0, 0.05) is 10.2 Å². The second kappa shape index (κ2) is 6.76. The Bertz CT molecular complexity index is 655. The van der Waals surface area contributed by atoms with E-state index in [1.165, 1.54) is 0 Å². The number of nitrogens with one attached hydrogen (secondary N) is 1. The van der Waals surface area contributed by atoms with Crippen LogP contribution in [0.25, 0.3) is 0 Å². The van der Waals surface area contributed by atoms with E-state index < -0.39 is 6.10 Å². The summed E-state index contributed by atoms with van der Waals surface area (Å²) in [5.41, 5.74) is 2.94. The molecule has 0 saturated heterocycles. The van der Waals surface area contributed by atoms with Gasteiger partial charge in [0.1, 0.15) is 5.75 Å². The number of halogens is 1. The van der Waals surface area contributed by atoms with Crippen molar-refractivity contribution >= 4 is 27.5 Å². The van der Waals surface area contributed by atoms with E-state index in [2.05, 4.69) is 21.2 Å². The maximum Gasteiger partial charge on any atom is 0.265 e. The molecule has 0 unspecified atom stereocenters. The minimum absolute atomic E-state index is 0.172. The van der Waals surface area contributed by atoms with E-state index >= 15 is 0 Å². The number of benzene rings is 2. The molecule has 0 heterocycles. The topological polar surface area (TPSA) is 38.3 Å². The molecule has 0 aliphatic heterocycles. The van der Waals surface area contributed by atoms with Gasteiger partial charge in [-0.2, -0.15) is 0 Å². The fourth-order valence-corrected chi connectivity index (χ4v) is 2.31. The highest BCUT2D eigenvalue weighted by atomic mass is 79.9. The van der Waals surface area contributed by atoms with Gasteiger partial charge in [0.15, 0.2) is 6.10 Å². The van der Waals surface area contributed by atoms with Gasteiger partial charge in [0.05, 0.1) is 0 Å². The lowest BCUT2D eigenvalue weighted by molar-refractivity contribution is -0.122. The number of rotatable bonds is 4.